The summed E-state index contributed by atoms with van der Waals surface area (Å²) in [7, 11) is 3.34. The van der Waals surface area contributed by atoms with Gasteiger partial charge in [-0.3, -0.25) is 0 Å². The quantitative estimate of drug-likeness (QED) is 0.850. The van der Waals surface area contributed by atoms with Crippen LogP contribution in [0.15, 0.2) is 18.2 Å². The van der Waals surface area contributed by atoms with Gasteiger partial charge < -0.3 is 19.7 Å². The van der Waals surface area contributed by atoms with Crippen molar-refractivity contribution in [3.63, 3.8) is 0 Å². The molecule has 0 bridgehead atoms. The van der Waals surface area contributed by atoms with Crippen molar-refractivity contribution >= 4 is 0 Å². The first-order chi connectivity index (χ1) is 8.83. The van der Waals surface area contributed by atoms with Crippen LogP contribution in [0.5, 0.6) is 11.5 Å². The van der Waals surface area contributed by atoms with E-state index in [0.29, 0.717) is 0 Å². The molecule has 0 amide bonds. The largest absolute Gasteiger partial charge is 0.493 e. The van der Waals surface area contributed by atoms with E-state index in [4.69, 9.17) is 9.47 Å². The third-order valence-electron chi connectivity index (χ3n) is 3.37. The van der Waals surface area contributed by atoms with Crippen LogP contribution < -0.4 is 14.8 Å². The summed E-state index contributed by atoms with van der Waals surface area (Å²) >= 11 is 0. The average molecular weight is 250 g/mol. The number of piperazine rings is 1. The van der Waals surface area contributed by atoms with Crippen molar-refractivity contribution in [1.29, 1.82) is 0 Å². The zero-order valence-corrected chi connectivity index (χ0v) is 11.2. The molecule has 2 rings (SSSR count). The number of hydrogen-bond acceptors (Lipinski definition) is 4. The van der Waals surface area contributed by atoms with E-state index in [1.165, 1.54) is 5.56 Å². The highest BCUT2D eigenvalue weighted by Gasteiger charge is 2.10. The first-order valence-electron chi connectivity index (χ1n) is 6.47. The summed E-state index contributed by atoms with van der Waals surface area (Å²) in [6.45, 7) is 5.61. The van der Waals surface area contributed by atoms with E-state index in [-0.39, 0.29) is 0 Å². The number of hydrogen-bond donors (Lipinski definition) is 1. The molecule has 100 valence electrons. The van der Waals surface area contributed by atoms with Crippen molar-refractivity contribution in [2.24, 2.45) is 0 Å². The van der Waals surface area contributed by atoms with E-state index in [0.717, 1.165) is 50.6 Å². The molecule has 1 aliphatic rings. The Balaban J connectivity index is 1.92. The smallest absolute Gasteiger partial charge is 0.160 e. The maximum atomic E-state index is 5.32. The molecule has 0 unspecified atom stereocenters. The Hall–Kier alpha value is -1.26. The lowest BCUT2D eigenvalue weighted by molar-refractivity contribution is 0.244. The third-order valence-corrected chi connectivity index (χ3v) is 3.37. The van der Waals surface area contributed by atoms with E-state index in [2.05, 4.69) is 22.3 Å². The van der Waals surface area contributed by atoms with E-state index in [1.54, 1.807) is 14.2 Å². The van der Waals surface area contributed by atoms with E-state index < -0.39 is 0 Å². The van der Waals surface area contributed by atoms with Gasteiger partial charge in [0.1, 0.15) is 0 Å². The molecular formula is C14H22N2O2. The molecular weight excluding hydrogens is 228 g/mol. The number of nitrogens with one attached hydrogen (secondary N) is 1. The van der Waals surface area contributed by atoms with Crippen LogP contribution in [-0.2, 0) is 6.42 Å². The van der Waals surface area contributed by atoms with Gasteiger partial charge in [0.05, 0.1) is 14.2 Å². The van der Waals surface area contributed by atoms with Gasteiger partial charge in [-0.1, -0.05) is 6.07 Å². The number of ether oxygens (including phenoxy) is 2. The second kappa shape index (κ2) is 6.61. The highest BCUT2D eigenvalue weighted by molar-refractivity contribution is 5.42. The second-order valence-electron chi connectivity index (χ2n) is 4.53. The topological polar surface area (TPSA) is 33.7 Å². The van der Waals surface area contributed by atoms with Crippen molar-refractivity contribution in [3.8, 4) is 11.5 Å². The molecule has 0 atom stereocenters. The molecule has 1 aromatic carbocycles. The Morgan fingerprint density at radius 3 is 2.50 bits per heavy atom. The molecule has 0 spiro atoms. The molecule has 1 aromatic rings. The fourth-order valence-electron chi connectivity index (χ4n) is 2.26. The normalized spacial score (nSPS) is 16.6. The Morgan fingerprint density at radius 1 is 1.11 bits per heavy atom. The van der Waals surface area contributed by atoms with Crippen LogP contribution in [-0.4, -0.2) is 51.8 Å². The predicted molar refractivity (Wildman–Crippen MR) is 72.6 cm³/mol. The lowest BCUT2D eigenvalue weighted by Gasteiger charge is -2.27. The molecule has 0 radical (unpaired) electrons. The Labute approximate surface area is 109 Å². The van der Waals surface area contributed by atoms with Gasteiger partial charge in [0, 0.05) is 32.7 Å². The molecule has 4 nitrogen and oxygen atoms in total. The number of methoxy groups -OCH3 is 2. The first-order valence-corrected chi connectivity index (χ1v) is 6.47. The molecule has 0 aromatic heterocycles. The van der Waals surface area contributed by atoms with Gasteiger partial charge in [-0.15, -0.1) is 0 Å². The summed E-state index contributed by atoms with van der Waals surface area (Å²) in [6.07, 6.45) is 1.06. The zero-order chi connectivity index (χ0) is 12.8. The van der Waals surface area contributed by atoms with Crippen LogP contribution in [0.3, 0.4) is 0 Å². The predicted octanol–water partition coefficient (Wildman–Crippen LogP) is 1.15. The van der Waals surface area contributed by atoms with Gasteiger partial charge in [-0.25, -0.2) is 0 Å². The molecule has 4 heteroatoms. The fraction of sp³-hybridized carbons (Fsp3) is 0.571. The fourth-order valence-corrected chi connectivity index (χ4v) is 2.26. The summed E-state index contributed by atoms with van der Waals surface area (Å²) in [6, 6.07) is 6.16. The SMILES string of the molecule is COc1ccc(CCN2CCNCC2)cc1OC. The van der Waals surface area contributed by atoms with Crippen LogP contribution in [0.4, 0.5) is 0 Å². The van der Waals surface area contributed by atoms with Gasteiger partial charge in [0.25, 0.3) is 0 Å². The van der Waals surface area contributed by atoms with E-state index in [1.807, 2.05) is 6.07 Å². The third kappa shape index (κ3) is 3.37. The average Bonchev–Trinajstić information content (AvgIpc) is 2.45. The number of nitrogens with zero attached hydrogens (tertiary/aromatic N) is 1. The summed E-state index contributed by atoms with van der Waals surface area (Å²) in [5.41, 5.74) is 1.30. The van der Waals surface area contributed by atoms with E-state index >= 15 is 0 Å². The first kappa shape index (κ1) is 13.2. The minimum absolute atomic E-state index is 0.795. The van der Waals surface area contributed by atoms with Crippen LogP contribution in [0.1, 0.15) is 5.56 Å². The monoisotopic (exact) mass is 250 g/mol. The van der Waals surface area contributed by atoms with Gasteiger partial charge >= 0.3 is 0 Å². The molecule has 18 heavy (non-hydrogen) atoms. The van der Waals surface area contributed by atoms with E-state index in [9.17, 15) is 0 Å². The minimum atomic E-state index is 0.795. The summed E-state index contributed by atoms with van der Waals surface area (Å²) < 4.78 is 10.6. The maximum Gasteiger partial charge on any atom is 0.160 e. The number of rotatable bonds is 5. The number of benzene rings is 1. The summed E-state index contributed by atoms with van der Waals surface area (Å²) in [4.78, 5) is 2.49. The molecule has 1 saturated heterocycles. The highest BCUT2D eigenvalue weighted by atomic mass is 16.5. The lowest BCUT2D eigenvalue weighted by atomic mass is 10.1. The van der Waals surface area contributed by atoms with Crippen molar-refractivity contribution in [2.45, 2.75) is 6.42 Å². The zero-order valence-electron chi connectivity index (χ0n) is 11.2. The van der Waals surface area contributed by atoms with Gasteiger partial charge in [-0.05, 0) is 24.1 Å². The standard InChI is InChI=1S/C14H22N2O2/c1-17-13-4-3-12(11-14(13)18-2)5-8-16-9-6-15-7-10-16/h3-4,11,15H,5-10H2,1-2H3. The maximum absolute atomic E-state index is 5.32. The van der Waals surface area contributed by atoms with Crippen molar-refractivity contribution in [2.75, 3.05) is 46.9 Å². The molecule has 0 aliphatic carbocycles. The lowest BCUT2D eigenvalue weighted by Crippen LogP contribution is -2.44. The molecule has 0 saturated carbocycles. The van der Waals surface area contributed by atoms with Crippen LogP contribution in [0.2, 0.25) is 0 Å². The highest BCUT2D eigenvalue weighted by Crippen LogP contribution is 2.27. The molecule has 1 aliphatic heterocycles. The Bertz CT molecular complexity index is 376. The van der Waals surface area contributed by atoms with Crippen LogP contribution in [0.25, 0.3) is 0 Å². The summed E-state index contributed by atoms with van der Waals surface area (Å²) in [5, 5.41) is 3.37. The summed E-state index contributed by atoms with van der Waals surface area (Å²) in [5.74, 6) is 1.61. The van der Waals surface area contributed by atoms with Gasteiger partial charge in [0.15, 0.2) is 11.5 Å². The van der Waals surface area contributed by atoms with Crippen molar-refractivity contribution in [3.05, 3.63) is 23.8 Å². The Kier molecular flexibility index (Phi) is 4.84. The van der Waals surface area contributed by atoms with Crippen molar-refractivity contribution in [1.82, 2.24) is 10.2 Å². The van der Waals surface area contributed by atoms with Crippen LogP contribution in [0, 0.1) is 0 Å². The minimum Gasteiger partial charge on any atom is -0.493 e. The van der Waals surface area contributed by atoms with Gasteiger partial charge in [0.2, 0.25) is 0 Å². The van der Waals surface area contributed by atoms with Crippen LogP contribution >= 0.6 is 0 Å². The molecule has 1 heterocycles. The molecule has 1 N–H and O–H groups in total. The second-order valence-corrected chi connectivity index (χ2v) is 4.53. The van der Waals surface area contributed by atoms with Crippen molar-refractivity contribution < 1.29 is 9.47 Å². The van der Waals surface area contributed by atoms with Gasteiger partial charge in [-0.2, -0.15) is 0 Å². The molecule has 1 fully saturated rings. The Morgan fingerprint density at radius 2 is 1.83 bits per heavy atom.